The van der Waals surface area contributed by atoms with Gasteiger partial charge in [0.1, 0.15) is 12.4 Å². The van der Waals surface area contributed by atoms with Crippen molar-refractivity contribution in [1.29, 1.82) is 0 Å². The molecule has 0 saturated carbocycles. The Morgan fingerprint density at radius 3 is 2.90 bits per heavy atom. The number of hydrogen-bond acceptors (Lipinski definition) is 3. The van der Waals surface area contributed by atoms with E-state index < -0.39 is 0 Å². The van der Waals surface area contributed by atoms with Crippen LogP contribution >= 0.6 is 24.0 Å². The minimum Gasteiger partial charge on any atom is -0.467 e. The lowest BCUT2D eigenvalue weighted by Crippen LogP contribution is -2.42. The molecule has 1 rings (SSSR count). The number of nitrogens with one attached hydrogen (secondary N) is 2. The highest BCUT2D eigenvalue weighted by atomic mass is 127. The standard InChI is InChI=1S/C14H25N3O2.HI/c1-4-12(2)17-14(15-3)16-8-6-9-18-11-13-7-5-10-19-13;/h5,7,10,12H,4,6,8-9,11H2,1-3H3,(H2,15,16,17);1H. The van der Waals surface area contributed by atoms with E-state index in [0.717, 1.165) is 31.1 Å². The number of guanidine groups is 1. The average Bonchev–Trinajstić information content (AvgIpc) is 2.94. The van der Waals surface area contributed by atoms with Gasteiger partial charge in [-0.1, -0.05) is 6.92 Å². The van der Waals surface area contributed by atoms with Gasteiger partial charge in [0.05, 0.1) is 6.26 Å². The molecule has 1 aromatic heterocycles. The fourth-order valence-corrected chi connectivity index (χ4v) is 1.48. The van der Waals surface area contributed by atoms with Crippen LogP contribution < -0.4 is 10.6 Å². The summed E-state index contributed by atoms with van der Waals surface area (Å²) in [5.41, 5.74) is 0. The Balaban J connectivity index is 0.00000361. The molecule has 1 aromatic rings. The van der Waals surface area contributed by atoms with E-state index in [4.69, 9.17) is 9.15 Å². The molecule has 0 aliphatic rings. The van der Waals surface area contributed by atoms with E-state index in [-0.39, 0.29) is 24.0 Å². The minimum atomic E-state index is 0. The molecule has 116 valence electrons. The molecule has 0 aromatic carbocycles. The van der Waals surface area contributed by atoms with E-state index >= 15 is 0 Å². The number of aliphatic imine (C=N–C) groups is 1. The number of hydrogen-bond donors (Lipinski definition) is 2. The molecule has 0 saturated heterocycles. The van der Waals surface area contributed by atoms with Gasteiger partial charge in [0, 0.05) is 26.2 Å². The van der Waals surface area contributed by atoms with Crippen molar-refractivity contribution in [2.75, 3.05) is 20.2 Å². The summed E-state index contributed by atoms with van der Waals surface area (Å²) < 4.78 is 10.7. The molecular formula is C14H26IN3O2. The van der Waals surface area contributed by atoms with Gasteiger partial charge in [0.15, 0.2) is 5.96 Å². The quantitative estimate of drug-likeness (QED) is 0.308. The zero-order valence-corrected chi connectivity index (χ0v) is 14.8. The first kappa shape index (κ1) is 19.2. The SMILES string of the molecule is CCC(C)NC(=NC)NCCCOCc1ccco1.I. The van der Waals surface area contributed by atoms with Gasteiger partial charge >= 0.3 is 0 Å². The van der Waals surface area contributed by atoms with Gasteiger partial charge in [-0.05, 0) is 31.9 Å². The molecule has 1 unspecified atom stereocenters. The normalized spacial score (nSPS) is 12.7. The third-order valence-electron chi connectivity index (χ3n) is 2.80. The third kappa shape index (κ3) is 8.42. The summed E-state index contributed by atoms with van der Waals surface area (Å²) in [4.78, 5) is 4.17. The van der Waals surface area contributed by atoms with E-state index in [1.54, 1.807) is 13.3 Å². The lowest BCUT2D eigenvalue weighted by molar-refractivity contribution is 0.105. The number of nitrogens with zero attached hydrogens (tertiary/aromatic N) is 1. The van der Waals surface area contributed by atoms with Crippen LogP contribution in [0.25, 0.3) is 0 Å². The minimum absolute atomic E-state index is 0. The summed E-state index contributed by atoms with van der Waals surface area (Å²) in [5, 5.41) is 6.58. The third-order valence-corrected chi connectivity index (χ3v) is 2.80. The summed E-state index contributed by atoms with van der Waals surface area (Å²) in [6.07, 6.45) is 3.67. The number of furan rings is 1. The topological polar surface area (TPSA) is 58.8 Å². The average molecular weight is 395 g/mol. The largest absolute Gasteiger partial charge is 0.467 e. The van der Waals surface area contributed by atoms with Crippen LogP contribution in [0.3, 0.4) is 0 Å². The Bertz CT molecular complexity index is 355. The maximum atomic E-state index is 5.50. The van der Waals surface area contributed by atoms with Gasteiger partial charge in [0.2, 0.25) is 0 Å². The van der Waals surface area contributed by atoms with Crippen LogP contribution in [0.15, 0.2) is 27.8 Å². The van der Waals surface area contributed by atoms with Crippen LogP contribution in [0, 0.1) is 0 Å². The first-order valence-electron chi connectivity index (χ1n) is 6.83. The molecule has 0 amide bonds. The molecule has 2 N–H and O–H groups in total. The molecule has 0 spiro atoms. The summed E-state index contributed by atoms with van der Waals surface area (Å²) in [5.74, 6) is 1.71. The van der Waals surface area contributed by atoms with Crippen LogP contribution in [0.1, 0.15) is 32.4 Å². The van der Waals surface area contributed by atoms with Crippen molar-refractivity contribution in [1.82, 2.24) is 10.6 Å². The van der Waals surface area contributed by atoms with Crippen LogP contribution in [0.2, 0.25) is 0 Å². The molecule has 0 aliphatic carbocycles. The monoisotopic (exact) mass is 395 g/mol. The Morgan fingerprint density at radius 2 is 2.30 bits per heavy atom. The van der Waals surface area contributed by atoms with E-state index in [0.29, 0.717) is 19.3 Å². The van der Waals surface area contributed by atoms with Gasteiger partial charge in [-0.15, -0.1) is 24.0 Å². The van der Waals surface area contributed by atoms with Crippen molar-refractivity contribution in [3.63, 3.8) is 0 Å². The zero-order valence-electron chi connectivity index (χ0n) is 12.5. The predicted octanol–water partition coefficient (Wildman–Crippen LogP) is 2.77. The Morgan fingerprint density at radius 1 is 1.50 bits per heavy atom. The number of halogens is 1. The first-order chi connectivity index (χ1) is 9.26. The molecular weight excluding hydrogens is 369 g/mol. The molecule has 0 bridgehead atoms. The van der Waals surface area contributed by atoms with Crippen molar-refractivity contribution < 1.29 is 9.15 Å². The van der Waals surface area contributed by atoms with Crippen molar-refractivity contribution in [2.24, 2.45) is 4.99 Å². The van der Waals surface area contributed by atoms with E-state index in [2.05, 4.69) is 29.5 Å². The molecule has 0 radical (unpaired) electrons. The van der Waals surface area contributed by atoms with E-state index in [9.17, 15) is 0 Å². The van der Waals surface area contributed by atoms with Crippen molar-refractivity contribution in [3.05, 3.63) is 24.2 Å². The Hall–Kier alpha value is -0.760. The van der Waals surface area contributed by atoms with Crippen LogP contribution in [-0.4, -0.2) is 32.2 Å². The molecule has 0 fully saturated rings. The first-order valence-corrected chi connectivity index (χ1v) is 6.83. The van der Waals surface area contributed by atoms with Crippen LogP contribution in [0.5, 0.6) is 0 Å². The van der Waals surface area contributed by atoms with Gasteiger partial charge in [-0.3, -0.25) is 4.99 Å². The summed E-state index contributed by atoms with van der Waals surface area (Å²) in [7, 11) is 1.78. The second-order valence-electron chi connectivity index (χ2n) is 4.44. The van der Waals surface area contributed by atoms with Gasteiger partial charge in [-0.25, -0.2) is 0 Å². The fourth-order valence-electron chi connectivity index (χ4n) is 1.48. The molecule has 5 nitrogen and oxygen atoms in total. The van der Waals surface area contributed by atoms with Crippen molar-refractivity contribution in [2.45, 2.75) is 39.3 Å². The Labute approximate surface area is 138 Å². The van der Waals surface area contributed by atoms with Crippen molar-refractivity contribution >= 4 is 29.9 Å². The summed E-state index contributed by atoms with van der Waals surface area (Å²) in [6.45, 7) is 6.36. The summed E-state index contributed by atoms with van der Waals surface area (Å²) >= 11 is 0. The zero-order chi connectivity index (χ0) is 13.9. The molecule has 6 heteroatoms. The summed E-state index contributed by atoms with van der Waals surface area (Å²) in [6, 6.07) is 4.21. The number of rotatable bonds is 8. The number of ether oxygens (including phenoxy) is 1. The molecule has 20 heavy (non-hydrogen) atoms. The molecule has 1 heterocycles. The van der Waals surface area contributed by atoms with Crippen molar-refractivity contribution in [3.8, 4) is 0 Å². The van der Waals surface area contributed by atoms with Gasteiger partial charge in [-0.2, -0.15) is 0 Å². The second-order valence-corrected chi connectivity index (χ2v) is 4.44. The lowest BCUT2D eigenvalue weighted by Gasteiger charge is -2.16. The maximum Gasteiger partial charge on any atom is 0.191 e. The van der Waals surface area contributed by atoms with Gasteiger partial charge < -0.3 is 19.8 Å². The van der Waals surface area contributed by atoms with Crippen LogP contribution in [0.4, 0.5) is 0 Å². The highest BCUT2D eigenvalue weighted by Gasteiger charge is 2.01. The highest BCUT2D eigenvalue weighted by molar-refractivity contribution is 14.0. The molecule has 1 atom stereocenters. The Kier molecular flexibility index (Phi) is 11.6. The lowest BCUT2D eigenvalue weighted by atomic mass is 10.3. The van der Waals surface area contributed by atoms with E-state index in [1.807, 2.05) is 12.1 Å². The predicted molar refractivity (Wildman–Crippen MR) is 92.6 cm³/mol. The smallest absolute Gasteiger partial charge is 0.191 e. The van der Waals surface area contributed by atoms with Crippen LogP contribution in [-0.2, 0) is 11.3 Å². The molecule has 0 aliphatic heterocycles. The van der Waals surface area contributed by atoms with E-state index in [1.165, 1.54) is 0 Å². The second kappa shape index (κ2) is 12.0. The fraction of sp³-hybridized carbons (Fsp3) is 0.643. The maximum absolute atomic E-state index is 5.50. The highest BCUT2D eigenvalue weighted by Crippen LogP contribution is 2.01. The van der Waals surface area contributed by atoms with Gasteiger partial charge in [0.25, 0.3) is 0 Å².